The highest BCUT2D eigenvalue weighted by Crippen LogP contribution is 2.58. The highest BCUT2D eigenvalue weighted by atomic mass is 14.5. The van der Waals surface area contributed by atoms with Crippen molar-refractivity contribution in [1.29, 1.82) is 0 Å². The molecule has 0 saturated carbocycles. The Kier molecular flexibility index (Phi) is 6.94. The van der Waals surface area contributed by atoms with E-state index in [1.165, 1.54) is 110 Å². The average Bonchev–Trinajstić information content (AvgIpc) is 3.60. The number of hydrogen-bond donors (Lipinski definition) is 0. The van der Waals surface area contributed by atoms with Crippen molar-refractivity contribution < 1.29 is 0 Å². The van der Waals surface area contributed by atoms with Crippen molar-refractivity contribution in [1.82, 2.24) is 0 Å². The lowest BCUT2D eigenvalue weighted by Gasteiger charge is -2.34. The van der Waals surface area contributed by atoms with Crippen LogP contribution in [0.3, 0.4) is 0 Å². The lowest BCUT2D eigenvalue weighted by Crippen LogP contribution is -2.28. The molecule has 0 bridgehead atoms. The third kappa shape index (κ3) is 4.56. The number of fused-ring (bicyclic) bond motifs is 5. The maximum Gasteiger partial charge on any atom is 0.0713 e. The highest BCUT2D eigenvalue weighted by molar-refractivity contribution is 6.28. The minimum atomic E-state index is -0.427. The van der Waals surface area contributed by atoms with Crippen LogP contribution in [0.2, 0.25) is 0 Å². The smallest absolute Gasteiger partial charge is 0.0622 e. The van der Waals surface area contributed by atoms with Crippen LogP contribution in [0.25, 0.3) is 87.6 Å². The van der Waals surface area contributed by atoms with Gasteiger partial charge in [-0.3, -0.25) is 0 Å². The van der Waals surface area contributed by atoms with E-state index in [9.17, 15) is 0 Å². The molecular formula is C57H36. The second kappa shape index (κ2) is 12.4. The van der Waals surface area contributed by atoms with Crippen molar-refractivity contribution in [2.24, 2.45) is 0 Å². The maximum absolute atomic E-state index is 2.42. The molecule has 0 heterocycles. The summed E-state index contributed by atoms with van der Waals surface area (Å²) in [6.07, 6.45) is 0. The molecule has 0 aliphatic heterocycles. The van der Waals surface area contributed by atoms with Crippen molar-refractivity contribution in [3.63, 3.8) is 0 Å². The number of hydrogen-bond acceptors (Lipinski definition) is 0. The lowest BCUT2D eigenvalue weighted by atomic mass is 9.67. The number of rotatable bonds is 5. The molecule has 57 heavy (non-hydrogen) atoms. The second-order valence-corrected chi connectivity index (χ2v) is 15.5. The van der Waals surface area contributed by atoms with E-state index < -0.39 is 5.41 Å². The molecule has 0 heteroatoms. The van der Waals surface area contributed by atoms with E-state index in [-0.39, 0.29) is 0 Å². The van der Waals surface area contributed by atoms with Crippen LogP contribution in [0.1, 0.15) is 22.3 Å². The second-order valence-electron chi connectivity index (χ2n) is 15.5. The summed E-state index contributed by atoms with van der Waals surface area (Å²) in [4.78, 5) is 0. The third-order valence-electron chi connectivity index (χ3n) is 12.7. The largest absolute Gasteiger partial charge is 0.0713 e. The summed E-state index contributed by atoms with van der Waals surface area (Å²) < 4.78 is 0. The third-order valence-corrected chi connectivity index (χ3v) is 12.7. The van der Waals surface area contributed by atoms with Gasteiger partial charge < -0.3 is 0 Å². The maximum atomic E-state index is 2.42. The van der Waals surface area contributed by atoms with Gasteiger partial charge in [-0.05, 0) is 116 Å². The fraction of sp³-hybridized carbons (Fsp3) is 0.0175. The van der Waals surface area contributed by atoms with Crippen LogP contribution >= 0.6 is 0 Å². The van der Waals surface area contributed by atoms with Crippen molar-refractivity contribution in [3.8, 4) is 44.5 Å². The van der Waals surface area contributed by atoms with Gasteiger partial charge in [0.05, 0.1) is 5.41 Å². The van der Waals surface area contributed by atoms with Crippen LogP contribution in [0.4, 0.5) is 0 Å². The SMILES string of the molecule is c1ccc(-c2cccc(-c3ccc4ccc5c(-c6cccc7c8c(ccc67)C(c6ccccc6)(c6ccccc6)c6ccccc6-8)ccc6ccc3c4c65)c2)cc1. The van der Waals surface area contributed by atoms with Crippen LogP contribution in [0.15, 0.2) is 218 Å². The standard InChI is InChI=1S/C57H36/c1-4-14-37(15-5-1)40-16-12-17-41(36-40)44-30-26-38-29-33-50-46(31-27-39-28-32-49(44)54(38)55(39)50)45-23-13-24-48-47(45)34-35-53-56(48)51-22-10-11-25-52(51)57(53,42-18-6-2-7-19-42)43-20-8-3-9-21-43/h1-36H. The van der Waals surface area contributed by atoms with Gasteiger partial charge in [0.25, 0.3) is 0 Å². The first-order valence-corrected chi connectivity index (χ1v) is 19.9. The van der Waals surface area contributed by atoms with E-state index in [4.69, 9.17) is 0 Å². The quantitative estimate of drug-likeness (QED) is 0.155. The molecule has 264 valence electrons. The van der Waals surface area contributed by atoms with E-state index in [1.807, 2.05) is 0 Å². The van der Waals surface area contributed by atoms with Gasteiger partial charge in [-0.25, -0.2) is 0 Å². The van der Waals surface area contributed by atoms with Gasteiger partial charge in [-0.2, -0.15) is 0 Å². The molecule has 0 fully saturated rings. The molecule has 11 aromatic rings. The van der Waals surface area contributed by atoms with Gasteiger partial charge in [-0.1, -0.05) is 212 Å². The molecule has 1 aliphatic rings. The number of benzene rings is 11. The van der Waals surface area contributed by atoms with Gasteiger partial charge in [-0.15, -0.1) is 0 Å². The molecule has 0 radical (unpaired) electrons. The monoisotopic (exact) mass is 720 g/mol. The first kappa shape index (κ1) is 32.0. The van der Waals surface area contributed by atoms with Crippen LogP contribution in [-0.2, 0) is 5.41 Å². The van der Waals surface area contributed by atoms with Gasteiger partial charge in [0.2, 0.25) is 0 Å². The molecule has 11 aromatic carbocycles. The van der Waals surface area contributed by atoms with E-state index in [1.54, 1.807) is 0 Å². The summed E-state index contributed by atoms with van der Waals surface area (Å²) in [5.41, 5.74) is 15.0. The van der Waals surface area contributed by atoms with Crippen LogP contribution in [0, 0.1) is 0 Å². The summed E-state index contributed by atoms with van der Waals surface area (Å²) in [6, 6.07) is 81.3. The Balaban J connectivity index is 1.09. The molecule has 0 aromatic heterocycles. The van der Waals surface area contributed by atoms with Crippen LogP contribution in [0.5, 0.6) is 0 Å². The zero-order valence-electron chi connectivity index (χ0n) is 31.3. The first-order chi connectivity index (χ1) is 28.3. The summed E-state index contributed by atoms with van der Waals surface area (Å²) >= 11 is 0. The lowest BCUT2D eigenvalue weighted by molar-refractivity contribution is 0.769. The summed E-state index contributed by atoms with van der Waals surface area (Å²) in [6.45, 7) is 0. The Hall–Kier alpha value is -7.28. The normalized spacial score (nSPS) is 13.1. The summed E-state index contributed by atoms with van der Waals surface area (Å²) in [5.74, 6) is 0. The molecule has 0 saturated heterocycles. The Morgan fingerprint density at radius 3 is 1.49 bits per heavy atom. The molecular weight excluding hydrogens is 685 g/mol. The highest BCUT2D eigenvalue weighted by Gasteiger charge is 2.46. The van der Waals surface area contributed by atoms with Gasteiger partial charge >= 0.3 is 0 Å². The zero-order chi connectivity index (χ0) is 37.5. The molecule has 12 rings (SSSR count). The predicted octanol–water partition coefficient (Wildman–Crippen LogP) is 15.1. The summed E-state index contributed by atoms with van der Waals surface area (Å²) in [7, 11) is 0. The zero-order valence-corrected chi connectivity index (χ0v) is 31.3. The Morgan fingerprint density at radius 2 is 0.772 bits per heavy atom. The topological polar surface area (TPSA) is 0 Å². The fourth-order valence-corrected chi connectivity index (χ4v) is 10.3. The molecule has 0 atom stereocenters. The molecule has 1 aliphatic carbocycles. The van der Waals surface area contributed by atoms with Crippen LogP contribution < -0.4 is 0 Å². The van der Waals surface area contributed by atoms with Gasteiger partial charge in [0.15, 0.2) is 0 Å². The minimum absolute atomic E-state index is 0.427. The van der Waals surface area contributed by atoms with E-state index >= 15 is 0 Å². The van der Waals surface area contributed by atoms with Crippen molar-refractivity contribution in [3.05, 3.63) is 241 Å². The molecule has 0 nitrogen and oxygen atoms in total. The molecule has 0 amide bonds. The van der Waals surface area contributed by atoms with Crippen molar-refractivity contribution in [2.75, 3.05) is 0 Å². The predicted molar refractivity (Wildman–Crippen MR) is 241 cm³/mol. The van der Waals surface area contributed by atoms with E-state index in [2.05, 4.69) is 218 Å². The minimum Gasteiger partial charge on any atom is -0.0622 e. The van der Waals surface area contributed by atoms with Crippen molar-refractivity contribution >= 4 is 43.1 Å². The molecule has 0 unspecified atom stereocenters. The fourth-order valence-electron chi connectivity index (χ4n) is 10.3. The molecule has 0 spiro atoms. The van der Waals surface area contributed by atoms with Crippen LogP contribution in [-0.4, -0.2) is 0 Å². The van der Waals surface area contributed by atoms with Gasteiger partial charge in [0, 0.05) is 0 Å². The van der Waals surface area contributed by atoms with Gasteiger partial charge in [0.1, 0.15) is 0 Å². The first-order valence-electron chi connectivity index (χ1n) is 19.9. The Labute approximate surface area is 332 Å². The molecule has 0 N–H and O–H groups in total. The van der Waals surface area contributed by atoms with Crippen molar-refractivity contribution in [2.45, 2.75) is 5.41 Å². The Bertz CT molecular complexity index is 3280. The summed E-state index contributed by atoms with van der Waals surface area (Å²) in [5, 5.41) is 10.4. The van der Waals surface area contributed by atoms with E-state index in [0.717, 1.165) is 0 Å². The average molecular weight is 721 g/mol. The Morgan fingerprint density at radius 1 is 0.263 bits per heavy atom. The van der Waals surface area contributed by atoms with E-state index in [0.29, 0.717) is 0 Å².